The molecule has 0 radical (unpaired) electrons. The van der Waals surface area contributed by atoms with Crippen molar-refractivity contribution in [1.29, 1.82) is 0 Å². The molecule has 0 aliphatic heterocycles. The van der Waals surface area contributed by atoms with Crippen molar-refractivity contribution in [2.45, 2.75) is 335 Å². The molecule has 17 nitrogen and oxygen atoms in total. The average molecular weight is 1210 g/mol. The second-order valence-corrected chi connectivity index (χ2v) is 25.9. The molecule has 3 N–H and O–H groups in total. The Bertz CT molecular complexity index is 1600. The van der Waals surface area contributed by atoms with Gasteiger partial charge in [-0.1, -0.05) is 266 Å². The summed E-state index contributed by atoms with van der Waals surface area (Å²) < 4.78 is 67.9. The molecule has 0 saturated carbocycles. The van der Waals surface area contributed by atoms with E-state index < -0.39 is 97.5 Å². The summed E-state index contributed by atoms with van der Waals surface area (Å²) in [5, 5.41) is 10.5. The number of phosphoric acid groups is 2. The Morgan fingerprint density at radius 3 is 0.866 bits per heavy atom. The number of unbranched alkanes of at least 4 members (excludes halogenated alkanes) is 34. The zero-order valence-corrected chi connectivity index (χ0v) is 54.4. The molecule has 3 unspecified atom stereocenters. The van der Waals surface area contributed by atoms with E-state index in [0.717, 1.165) is 109 Å². The number of carbonyl (C=O) groups is 4. The molecule has 0 amide bonds. The number of aliphatic hydroxyl groups excluding tert-OH is 1. The lowest BCUT2D eigenvalue weighted by molar-refractivity contribution is -0.161. The van der Waals surface area contributed by atoms with E-state index in [-0.39, 0.29) is 25.7 Å². The number of carbonyl (C=O) groups excluding carboxylic acids is 4. The van der Waals surface area contributed by atoms with Crippen LogP contribution in [0.5, 0.6) is 0 Å². The van der Waals surface area contributed by atoms with E-state index in [1.807, 2.05) is 0 Å². The quantitative estimate of drug-likeness (QED) is 0.0222. The predicted octanol–water partition coefficient (Wildman–Crippen LogP) is 17.4. The summed E-state index contributed by atoms with van der Waals surface area (Å²) in [5.74, 6) is -1.33. The molecule has 0 aliphatic carbocycles. The molecule has 6 atom stereocenters. The van der Waals surface area contributed by atoms with Crippen molar-refractivity contribution >= 4 is 39.5 Å². The minimum absolute atomic E-state index is 0.106. The van der Waals surface area contributed by atoms with Crippen molar-refractivity contribution in [3.05, 3.63) is 0 Å². The second kappa shape index (κ2) is 56.8. The van der Waals surface area contributed by atoms with Crippen LogP contribution in [0.4, 0.5) is 0 Å². The maximum absolute atomic E-state index is 13.0. The fourth-order valence-electron chi connectivity index (χ4n) is 9.37. The maximum atomic E-state index is 13.0. The molecule has 0 heterocycles. The van der Waals surface area contributed by atoms with E-state index in [2.05, 4.69) is 34.6 Å². The molecule has 82 heavy (non-hydrogen) atoms. The third kappa shape index (κ3) is 55.9. The van der Waals surface area contributed by atoms with E-state index in [4.69, 9.17) is 37.0 Å². The summed E-state index contributed by atoms with van der Waals surface area (Å²) >= 11 is 0. The van der Waals surface area contributed by atoms with Gasteiger partial charge in [0.1, 0.15) is 19.3 Å². The van der Waals surface area contributed by atoms with Crippen molar-refractivity contribution < 1.29 is 80.2 Å². The van der Waals surface area contributed by atoms with Gasteiger partial charge in [-0.3, -0.25) is 37.3 Å². The number of hydrogen-bond acceptors (Lipinski definition) is 15. The highest BCUT2D eigenvalue weighted by molar-refractivity contribution is 7.47. The topological polar surface area (TPSA) is 237 Å². The zero-order valence-electron chi connectivity index (χ0n) is 52.6. The molecule has 0 saturated heterocycles. The van der Waals surface area contributed by atoms with Crippen molar-refractivity contribution in [2.24, 2.45) is 5.92 Å². The number of rotatable bonds is 63. The first-order chi connectivity index (χ1) is 39.6. The van der Waals surface area contributed by atoms with E-state index in [9.17, 15) is 43.2 Å². The monoisotopic (exact) mass is 1210 g/mol. The van der Waals surface area contributed by atoms with Crippen LogP contribution in [0, 0.1) is 5.92 Å². The van der Waals surface area contributed by atoms with Crippen LogP contribution < -0.4 is 0 Å². The van der Waals surface area contributed by atoms with Crippen LogP contribution in [0.3, 0.4) is 0 Å². The Labute approximate surface area is 498 Å². The summed E-state index contributed by atoms with van der Waals surface area (Å²) in [7, 11) is -9.88. The normalized spacial score (nSPS) is 14.6. The van der Waals surface area contributed by atoms with Gasteiger partial charge in [0.05, 0.1) is 26.4 Å². The highest BCUT2D eigenvalue weighted by Gasteiger charge is 2.30. The molecule has 0 aromatic rings. The molecule has 0 spiro atoms. The fourth-order valence-corrected chi connectivity index (χ4v) is 11.0. The zero-order chi connectivity index (χ0) is 60.6. The highest BCUT2D eigenvalue weighted by atomic mass is 31.2. The Kier molecular flexibility index (Phi) is 55.5. The van der Waals surface area contributed by atoms with Crippen LogP contribution >= 0.6 is 15.6 Å². The SMILES string of the molecule is CCCCCCCCCCCCCC(=O)OC[C@H](COP(=O)(O)OC[C@@H](O)COP(=O)(O)OC[C@@H](COC(=O)CCCCCCCCC)OC(=O)CCCCCCCCCCCC)OC(=O)CCCCCCCCCCCCC(C)CC. The summed E-state index contributed by atoms with van der Waals surface area (Å²) in [5.41, 5.74) is 0. The van der Waals surface area contributed by atoms with Gasteiger partial charge in [-0.05, 0) is 31.6 Å². The summed E-state index contributed by atoms with van der Waals surface area (Å²) in [4.78, 5) is 72.0. The van der Waals surface area contributed by atoms with Crippen LogP contribution in [0.1, 0.15) is 317 Å². The molecule has 0 aliphatic rings. The fraction of sp³-hybridized carbons (Fsp3) is 0.937. The van der Waals surface area contributed by atoms with Crippen molar-refractivity contribution in [3.8, 4) is 0 Å². The number of hydrogen-bond donors (Lipinski definition) is 3. The molecular weight excluding hydrogens is 1090 g/mol. The Morgan fingerprint density at radius 2 is 0.585 bits per heavy atom. The largest absolute Gasteiger partial charge is 0.472 e. The molecular formula is C63H122O17P2. The lowest BCUT2D eigenvalue weighted by Gasteiger charge is -2.21. The lowest BCUT2D eigenvalue weighted by Crippen LogP contribution is -2.30. The van der Waals surface area contributed by atoms with E-state index >= 15 is 0 Å². The van der Waals surface area contributed by atoms with Gasteiger partial charge < -0.3 is 33.8 Å². The van der Waals surface area contributed by atoms with Gasteiger partial charge in [0.15, 0.2) is 12.2 Å². The Hall–Kier alpha value is -1.94. The smallest absolute Gasteiger partial charge is 0.462 e. The molecule has 0 aromatic heterocycles. The summed E-state index contributed by atoms with van der Waals surface area (Å²) in [6.45, 7) is 7.16. The van der Waals surface area contributed by atoms with Gasteiger partial charge in [0.2, 0.25) is 0 Å². The average Bonchev–Trinajstić information content (AvgIpc) is 3.47. The summed E-state index contributed by atoms with van der Waals surface area (Å²) in [6.07, 6.45) is 40.2. The van der Waals surface area contributed by atoms with Gasteiger partial charge in [-0.25, -0.2) is 9.13 Å². The predicted molar refractivity (Wildman–Crippen MR) is 326 cm³/mol. The first-order valence-electron chi connectivity index (χ1n) is 33.2. The van der Waals surface area contributed by atoms with Crippen LogP contribution in [0.25, 0.3) is 0 Å². The molecule has 0 rings (SSSR count). The Balaban J connectivity index is 5.22. The van der Waals surface area contributed by atoms with Gasteiger partial charge in [-0.15, -0.1) is 0 Å². The van der Waals surface area contributed by atoms with Crippen LogP contribution in [0.15, 0.2) is 0 Å². The molecule has 0 fully saturated rings. The third-order valence-electron chi connectivity index (χ3n) is 14.9. The second-order valence-electron chi connectivity index (χ2n) is 23.0. The Morgan fingerprint density at radius 1 is 0.341 bits per heavy atom. The minimum atomic E-state index is -4.94. The number of ether oxygens (including phenoxy) is 4. The number of aliphatic hydroxyl groups is 1. The van der Waals surface area contributed by atoms with Gasteiger partial charge in [0, 0.05) is 25.7 Å². The number of esters is 4. The van der Waals surface area contributed by atoms with Gasteiger partial charge in [-0.2, -0.15) is 0 Å². The molecule has 486 valence electrons. The first kappa shape index (κ1) is 80.1. The van der Waals surface area contributed by atoms with Crippen molar-refractivity contribution in [2.75, 3.05) is 39.6 Å². The standard InChI is InChI=1S/C63H122O17P2/c1-6-10-13-16-19-21-23-28-32-37-42-47-61(66)74-53-59(80-63(68)49-44-39-34-29-25-24-26-31-35-40-45-56(5)9-4)55-78-82(71,72)76-51-57(64)50-75-81(69,70)77-54-58(52-73-60(65)46-41-36-30-18-15-12-8-3)79-62(67)48-43-38-33-27-22-20-17-14-11-7-2/h56-59,64H,6-55H2,1-5H3,(H,69,70)(H,71,72)/t56?,57-,58+,59+/m0/s1. The molecule has 0 bridgehead atoms. The van der Waals surface area contributed by atoms with E-state index in [1.165, 1.54) is 128 Å². The molecule has 0 aromatic carbocycles. The molecule has 19 heteroatoms. The lowest BCUT2D eigenvalue weighted by atomic mass is 9.99. The highest BCUT2D eigenvalue weighted by Crippen LogP contribution is 2.45. The summed E-state index contributed by atoms with van der Waals surface area (Å²) in [6, 6.07) is 0. The minimum Gasteiger partial charge on any atom is -0.462 e. The van der Waals surface area contributed by atoms with Crippen molar-refractivity contribution in [3.63, 3.8) is 0 Å². The van der Waals surface area contributed by atoms with Crippen LogP contribution in [-0.4, -0.2) is 96.7 Å². The van der Waals surface area contributed by atoms with Crippen LogP contribution in [0.2, 0.25) is 0 Å². The van der Waals surface area contributed by atoms with E-state index in [0.29, 0.717) is 25.7 Å². The van der Waals surface area contributed by atoms with Crippen molar-refractivity contribution in [1.82, 2.24) is 0 Å². The van der Waals surface area contributed by atoms with Gasteiger partial charge in [0.25, 0.3) is 0 Å². The third-order valence-corrected chi connectivity index (χ3v) is 16.8. The first-order valence-corrected chi connectivity index (χ1v) is 36.2. The van der Waals surface area contributed by atoms with E-state index in [1.54, 1.807) is 0 Å². The van der Waals surface area contributed by atoms with Crippen LogP contribution in [-0.2, 0) is 65.4 Å². The van der Waals surface area contributed by atoms with Gasteiger partial charge >= 0.3 is 39.5 Å². The maximum Gasteiger partial charge on any atom is 0.472 e. The number of phosphoric ester groups is 2.